The highest BCUT2D eigenvalue weighted by Gasteiger charge is 2.24. The second-order valence-electron chi connectivity index (χ2n) is 5.85. The molecule has 0 spiro atoms. The molecule has 6 heteroatoms. The maximum atomic E-state index is 12.6. The second-order valence-corrected chi connectivity index (χ2v) is 7.86. The van der Waals surface area contributed by atoms with Crippen LogP contribution in [-0.4, -0.2) is 28.9 Å². The Labute approximate surface area is 138 Å². The quantitative estimate of drug-likeness (QED) is 0.691. The van der Waals surface area contributed by atoms with Gasteiger partial charge in [-0.3, -0.25) is 4.57 Å². The Morgan fingerprint density at radius 2 is 1.87 bits per heavy atom. The van der Waals surface area contributed by atoms with E-state index in [9.17, 15) is 8.42 Å². The molecule has 1 aromatic heterocycles. The lowest BCUT2D eigenvalue weighted by molar-refractivity contribution is 0.555. The Kier molecular flexibility index (Phi) is 5.93. The predicted octanol–water partition coefficient (Wildman–Crippen LogP) is 3.63. The maximum absolute atomic E-state index is 12.6. The molecule has 5 nitrogen and oxygen atoms in total. The molecule has 2 aromatic rings. The second kappa shape index (κ2) is 7.73. The van der Waals surface area contributed by atoms with Crippen molar-refractivity contribution < 1.29 is 8.42 Å². The van der Waals surface area contributed by atoms with Crippen LogP contribution in [0.4, 0.5) is 0 Å². The third-order valence-electron chi connectivity index (χ3n) is 3.74. The fourth-order valence-corrected chi connectivity index (χ4v) is 4.02. The number of nitrogens with zero attached hydrogens (tertiary/aromatic N) is 3. The minimum Gasteiger partial charge on any atom is -0.298 e. The smallest absolute Gasteiger partial charge is 0.249 e. The summed E-state index contributed by atoms with van der Waals surface area (Å²) >= 11 is 0. The molecule has 0 fully saturated rings. The summed E-state index contributed by atoms with van der Waals surface area (Å²) in [5, 5.41) is 8.29. The van der Waals surface area contributed by atoms with Crippen molar-refractivity contribution in [1.82, 2.24) is 14.8 Å². The minimum atomic E-state index is -3.39. The Morgan fingerprint density at radius 1 is 1.09 bits per heavy atom. The van der Waals surface area contributed by atoms with E-state index in [2.05, 4.69) is 17.1 Å². The van der Waals surface area contributed by atoms with E-state index in [1.807, 2.05) is 38.1 Å². The van der Waals surface area contributed by atoms with Gasteiger partial charge in [0.2, 0.25) is 15.0 Å². The molecule has 23 heavy (non-hydrogen) atoms. The van der Waals surface area contributed by atoms with Gasteiger partial charge in [-0.1, -0.05) is 50.5 Å². The van der Waals surface area contributed by atoms with Crippen molar-refractivity contribution in [3.8, 4) is 11.4 Å². The van der Waals surface area contributed by atoms with Crippen LogP contribution in [0, 0.1) is 6.92 Å². The van der Waals surface area contributed by atoms with Crippen molar-refractivity contribution in [2.24, 2.45) is 0 Å². The average Bonchev–Trinajstić information content (AvgIpc) is 2.92. The molecule has 1 heterocycles. The number of aryl methyl sites for hydroxylation is 1. The predicted molar refractivity (Wildman–Crippen MR) is 92.1 cm³/mol. The first-order chi connectivity index (χ1) is 11.0. The van der Waals surface area contributed by atoms with E-state index in [-0.39, 0.29) is 10.9 Å². The van der Waals surface area contributed by atoms with Gasteiger partial charge >= 0.3 is 0 Å². The highest BCUT2D eigenvalue weighted by atomic mass is 32.2. The monoisotopic (exact) mass is 335 g/mol. The molecule has 0 N–H and O–H groups in total. The zero-order chi connectivity index (χ0) is 16.9. The average molecular weight is 335 g/mol. The van der Waals surface area contributed by atoms with Crippen LogP contribution in [0.2, 0.25) is 0 Å². The molecule has 0 radical (unpaired) electrons. The van der Waals surface area contributed by atoms with E-state index in [0.717, 1.165) is 30.4 Å². The number of hydrogen-bond acceptors (Lipinski definition) is 4. The van der Waals surface area contributed by atoms with E-state index >= 15 is 0 Å². The first kappa shape index (κ1) is 17.7. The first-order valence-corrected chi connectivity index (χ1v) is 9.87. The van der Waals surface area contributed by atoms with Crippen LogP contribution in [0.5, 0.6) is 0 Å². The van der Waals surface area contributed by atoms with Gasteiger partial charge in [0, 0.05) is 12.1 Å². The number of unbranched alkanes of at least 4 members (excludes halogenated alkanes) is 2. The molecular weight excluding hydrogens is 310 g/mol. The normalized spacial score (nSPS) is 11.8. The van der Waals surface area contributed by atoms with Gasteiger partial charge in [0.15, 0.2) is 5.82 Å². The van der Waals surface area contributed by atoms with Crippen molar-refractivity contribution in [3.63, 3.8) is 0 Å². The SMILES string of the molecule is CCCCCS(=O)(=O)c1nnc(-c2cccc(C)c2)n1CCC. The van der Waals surface area contributed by atoms with Gasteiger partial charge in [0.1, 0.15) is 0 Å². The van der Waals surface area contributed by atoms with E-state index in [1.165, 1.54) is 0 Å². The van der Waals surface area contributed by atoms with Crippen LogP contribution in [0.3, 0.4) is 0 Å². The van der Waals surface area contributed by atoms with E-state index < -0.39 is 9.84 Å². The lowest BCUT2D eigenvalue weighted by Crippen LogP contribution is -2.15. The van der Waals surface area contributed by atoms with Gasteiger partial charge in [-0.25, -0.2) is 8.42 Å². The summed E-state index contributed by atoms with van der Waals surface area (Å²) in [6, 6.07) is 7.90. The topological polar surface area (TPSA) is 64.8 Å². The molecule has 0 aliphatic carbocycles. The Hall–Kier alpha value is -1.69. The molecule has 126 valence electrons. The molecule has 0 amide bonds. The van der Waals surface area contributed by atoms with Gasteiger partial charge in [-0.05, 0) is 25.8 Å². The molecule has 0 aliphatic heterocycles. The maximum Gasteiger partial charge on any atom is 0.249 e. The zero-order valence-corrected chi connectivity index (χ0v) is 14.9. The van der Waals surface area contributed by atoms with Crippen LogP contribution < -0.4 is 0 Å². The van der Waals surface area contributed by atoms with Gasteiger partial charge in [-0.15, -0.1) is 10.2 Å². The summed E-state index contributed by atoms with van der Waals surface area (Å²) in [4.78, 5) is 0. The minimum absolute atomic E-state index is 0.104. The fourth-order valence-electron chi connectivity index (χ4n) is 2.58. The number of rotatable bonds is 8. The molecule has 0 atom stereocenters. The molecule has 0 aliphatic rings. The molecule has 0 unspecified atom stereocenters. The van der Waals surface area contributed by atoms with Gasteiger partial charge in [-0.2, -0.15) is 0 Å². The largest absolute Gasteiger partial charge is 0.298 e. The molecule has 0 saturated carbocycles. The van der Waals surface area contributed by atoms with Crippen LogP contribution in [0.25, 0.3) is 11.4 Å². The highest BCUT2D eigenvalue weighted by Crippen LogP contribution is 2.23. The van der Waals surface area contributed by atoms with Crippen LogP contribution in [-0.2, 0) is 16.4 Å². The summed E-state index contributed by atoms with van der Waals surface area (Å²) in [7, 11) is -3.39. The summed E-state index contributed by atoms with van der Waals surface area (Å²) in [6.07, 6.45) is 3.39. The van der Waals surface area contributed by atoms with Crippen LogP contribution in [0.1, 0.15) is 45.1 Å². The summed E-state index contributed by atoms with van der Waals surface area (Å²) in [6.45, 7) is 6.68. The summed E-state index contributed by atoms with van der Waals surface area (Å²) in [5.41, 5.74) is 2.02. The Balaban J connectivity index is 2.42. The van der Waals surface area contributed by atoms with Gasteiger partial charge in [0.25, 0.3) is 0 Å². The summed E-state index contributed by atoms with van der Waals surface area (Å²) < 4.78 is 26.9. The van der Waals surface area contributed by atoms with Gasteiger partial charge in [0.05, 0.1) is 5.75 Å². The molecule has 1 aromatic carbocycles. The van der Waals surface area contributed by atoms with E-state index in [4.69, 9.17) is 0 Å². The first-order valence-electron chi connectivity index (χ1n) is 8.22. The zero-order valence-electron chi connectivity index (χ0n) is 14.1. The highest BCUT2D eigenvalue weighted by molar-refractivity contribution is 7.91. The lowest BCUT2D eigenvalue weighted by atomic mass is 10.1. The Morgan fingerprint density at radius 3 is 2.52 bits per heavy atom. The number of sulfone groups is 1. The standard InChI is InChI=1S/C17H25N3O2S/c1-4-6-7-12-23(21,22)17-19-18-16(20(17)11-5-2)15-10-8-9-14(3)13-15/h8-10,13H,4-7,11-12H2,1-3H3. The number of benzene rings is 1. The molecule has 2 rings (SSSR count). The van der Waals surface area contributed by atoms with E-state index in [1.54, 1.807) is 4.57 Å². The molecule has 0 saturated heterocycles. The Bertz CT molecular complexity index is 751. The van der Waals surface area contributed by atoms with Gasteiger partial charge < -0.3 is 0 Å². The van der Waals surface area contributed by atoms with Crippen molar-refractivity contribution in [2.45, 2.75) is 58.2 Å². The lowest BCUT2D eigenvalue weighted by Gasteiger charge is -2.10. The number of hydrogen-bond donors (Lipinski definition) is 0. The third kappa shape index (κ3) is 4.19. The molecule has 0 bridgehead atoms. The summed E-state index contributed by atoms with van der Waals surface area (Å²) in [5.74, 6) is 0.765. The number of aromatic nitrogens is 3. The third-order valence-corrected chi connectivity index (χ3v) is 5.42. The van der Waals surface area contributed by atoms with Crippen LogP contribution >= 0.6 is 0 Å². The fraction of sp³-hybridized carbons (Fsp3) is 0.529. The van der Waals surface area contributed by atoms with E-state index in [0.29, 0.717) is 18.8 Å². The van der Waals surface area contributed by atoms with Crippen molar-refractivity contribution in [1.29, 1.82) is 0 Å². The van der Waals surface area contributed by atoms with Crippen molar-refractivity contribution in [3.05, 3.63) is 29.8 Å². The molecular formula is C17H25N3O2S. The van der Waals surface area contributed by atoms with Crippen LogP contribution in [0.15, 0.2) is 29.4 Å². The van der Waals surface area contributed by atoms with Crippen molar-refractivity contribution >= 4 is 9.84 Å². The van der Waals surface area contributed by atoms with Crippen molar-refractivity contribution in [2.75, 3.05) is 5.75 Å².